The van der Waals surface area contributed by atoms with Crippen molar-refractivity contribution in [2.24, 2.45) is 0 Å². The highest BCUT2D eigenvalue weighted by molar-refractivity contribution is 6.05. The molecule has 0 radical (unpaired) electrons. The average Bonchev–Trinajstić information content (AvgIpc) is 2.31. The normalized spacial score (nSPS) is 14.6. The molecule has 0 unspecified atom stereocenters. The number of fused-ring (bicyclic) bond motifs is 1. The molecule has 2 rings (SSSR count). The third-order valence-electron chi connectivity index (χ3n) is 2.71. The number of esters is 1. The number of nitrogens with one attached hydrogen (secondary N) is 1. The number of halogens is 1. The molecule has 108 valence electrons. The zero-order valence-electron chi connectivity index (χ0n) is 11.7. The molecule has 1 aliphatic rings. The fourth-order valence-corrected chi connectivity index (χ4v) is 1.98. The summed E-state index contributed by atoms with van der Waals surface area (Å²) < 4.78 is 18.9. The molecule has 0 bridgehead atoms. The van der Waals surface area contributed by atoms with E-state index in [0.717, 1.165) is 0 Å². The molecule has 6 heteroatoms. The van der Waals surface area contributed by atoms with Crippen LogP contribution in [0.3, 0.4) is 0 Å². The molecule has 1 aliphatic heterocycles. The Morgan fingerprint density at radius 1 is 1.45 bits per heavy atom. The number of para-hydroxylation sites is 1. The van der Waals surface area contributed by atoms with Gasteiger partial charge in [0.2, 0.25) is 5.91 Å². The Kier molecular flexibility index (Phi) is 3.65. The number of hydrogen-bond acceptors (Lipinski definition) is 4. The molecule has 20 heavy (non-hydrogen) atoms. The van der Waals surface area contributed by atoms with Crippen molar-refractivity contribution in [1.82, 2.24) is 0 Å². The molecule has 5 nitrogen and oxygen atoms in total. The van der Waals surface area contributed by atoms with E-state index in [0.29, 0.717) is 5.69 Å². The minimum atomic E-state index is -0.626. The predicted octanol–water partition coefficient (Wildman–Crippen LogP) is 1.93. The van der Waals surface area contributed by atoms with Crippen LogP contribution in [-0.4, -0.2) is 30.6 Å². The quantitative estimate of drug-likeness (QED) is 0.841. The second-order valence-corrected chi connectivity index (χ2v) is 5.55. The molecular weight excluding hydrogens is 263 g/mol. The summed E-state index contributed by atoms with van der Waals surface area (Å²) >= 11 is 0. The van der Waals surface area contributed by atoms with Crippen LogP contribution in [0.25, 0.3) is 0 Å². The molecule has 0 atom stereocenters. The van der Waals surface area contributed by atoms with E-state index in [1.807, 2.05) is 0 Å². The van der Waals surface area contributed by atoms with E-state index in [1.54, 1.807) is 26.8 Å². The summed E-state index contributed by atoms with van der Waals surface area (Å²) in [6.07, 6.45) is 0. The molecule has 0 fully saturated rings. The monoisotopic (exact) mass is 280 g/mol. The molecular formula is C14H17FN2O3. The van der Waals surface area contributed by atoms with Gasteiger partial charge in [0.25, 0.3) is 0 Å². The van der Waals surface area contributed by atoms with Gasteiger partial charge in [-0.05, 0) is 32.9 Å². The first-order valence-electron chi connectivity index (χ1n) is 6.32. The largest absolute Gasteiger partial charge is 0.459 e. The maximum absolute atomic E-state index is 13.7. The maximum atomic E-state index is 13.7. The fraction of sp³-hybridized carbons (Fsp3) is 0.429. The van der Waals surface area contributed by atoms with Crippen LogP contribution >= 0.6 is 0 Å². The van der Waals surface area contributed by atoms with Crippen molar-refractivity contribution in [1.29, 1.82) is 0 Å². The predicted molar refractivity (Wildman–Crippen MR) is 73.1 cm³/mol. The van der Waals surface area contributed by atoms with E-state index >= 15 is 0 Å². The van der Waals surface area contributed by atoms with Crippen LogP contribution in [0.4, 0.5) is 15.8 Å². The van der Waals surface area contributed by atoms with E-state index in [1.165, 1.54) is 17.0 Å². The Labute approximate surface area is 116 Å². The molecule has 0 aromatic heterocycles. The Morgan fingerprint density at radius 2 is 2.15 bits per heavy atom. The molecule has 1 aromatic carbocycles. The van der Waals surface area contributed by atoms with Crippen LogP contribution in [0, 0.1) is 5.82 Å². The number of hydrogen-bond donors (Lipinski definition) is 1. The van der Waals surface area contributed by atoms with Crippen LogP contribution < -0.4 is 10.2 Å². The van der Waals surface area contributed by atoms with Gasteiger partial charge in [-0.2, -0.15) is 0 Å². The lowest BCUT2D eigenvalue weighted by Gasteiger charge is -2.30. The first-order valence-corrected chi connectivity index (χ1v) is 6.32. The third kappa shape index (κ3) is 3.07. The van der Waals surface area contributed by atoms with Crippen LogP contribution in [0.5, 0.6) is 0 Å². The molecule has 0 spiro atoms. The number of carbonyl (C=O) groups excluding carboxylic acids is 2. The summed E-state index contributed by atoms with van der Waals surface area (Å²) in [6.45, 7) is 4.97. The van der Waals surface area contributed by atoms with Crippen LogP contribution in [0.2, 0.25) is 0 Å². The Hall–Kier alpha value is -2.11. The number of rotatable bonds is 2. The number of benzene rings is 1. The van der Waals surface area contributed by atoms with Gasteiger partial charge in [-0.25, -0.2) is 4.39 Å². The third-order valence-corrected chi connectivity index (χ3v) is 2.71. The lowest BCUT2D eigenvalue weighted by molar-refractivity contribution is -0.153. The van der Waals surface area contributed by atoms with Crippen molar-refractivity contribution in [2.45, 2.75) is 26.4 Å². The molecule has 0 saturated carbocycles. The minimum Gasteiger partial charge on any atom is -0.459 e. The van der Waals surface area contributed by atoms with Gasteiger partial charge >= 0.3 is 5.97 Å². The topological polar surface area (TPSA) is 58.6 Å². The summed E-state index contributed by atoms with van der Waals surface area (Å²) in [5, 5.41) is 2.71. The molecule has 0 saturated heterocycles. The van der Waals surface area contributed by atoms with E-state index in [9.17, 15) is 14.0 Å². The van der Waals surface area contributed by atoms with Gasteiger partial charge < -0.3 is 10.1 Å². The summed E-state index contributed by atoms with van der Waals surface area (Å²) in [5.74, 6) is -1.28. The second kappa shape index (κ2) is 5.11. The Bertz CT molecular complexity index is 552. The lowest BCUT2D eigenvalue weighted by atomic mass is 10.1. The van der Waals surface area contributed by atoms with E-state index in [2.05, 4.69) is 5.32 Å². The zero-order valence-corrected chi connectivity index (χ0v) is 11.7. The number of nitrogens with zero attached hydrogens (tertiary/aromatic N) is 1. The van der Waals surface area contributed by atoms with Crippen molar-refractivity contribution in [3.05, 3.63) is 24.0 Å². The average molecular weight is 280 g/mol. The van der Waals surface area contributed by atoms with Crippen molar-refractivity contribution >= 4 is 23.3 Å². The molecule has 1 aromatic rings. The van der Waals surface area contributed by atoms with Gasteiger partial charge in [0.05, 0.1) is 17.9 Å². The van der Waals surface area contributed by atoms with Gasteiger partial charge in [-0.1, -0.05) is 6.07 Å². The van der Waals surface area contributed by atoms with E-state index in [4.69, 9.17) is 4.74 Å². The van der Waals surface area contributed by atoms with Gasteiger partial charge in [-0.15, -0.1) is 0 Å². The SMILES string of the molecule is CC(C)(C)OC(=O)CN1C(=O)CNc2c(F)cccc21. The highest BCUT2D eigenvalue weighted by atomic mass is 19.1. The summed E-state index contributed by atoms with van der Waals surface area (Å²) in [7, 11) is 0. The highest BCUT2D eigenvalue weighted by Gasteiger charge is 2.29. The van der Waals surface area contributed by atoms with Gasteiger partial charge in [-0.3, -0.25) is 14.5 Å². The zero-order chi connectivity index (χ0) is 14.9. The minimum absolute atomic E-state index is 0.0449. The summed E-state index contributed by atoms with van der Waals surface area (Å²) in [6, 6.07) is 4.39. The van der Waals surface area contributed by atoms with Crippen molar-refractivity contribution < 1.29 is 18.7 Å². The molecule has 1 amide bonds. The fourth-order valence-electron chi connectivity index (χ4n) is 1.98. The van der Waals surface area contributed by atoms with Crippen molar-refractivity contribution in [3.63, 3.8) is 0 Å². The van der Waals surface area contributed by atoms with E-state index in [-0.39, 0.29) is 24.7 Å². The number of anilines is 2. The maximum Gasteiger partial charge on any atom is 0.326 e. The van der Waals surface area contributed by atoms with E-state index < -0.39 is 17.4 Å². The molecule has 1 N–H and O–H groups in total. The van der Waals surface area contributed by atoms with Crippen molar-refractivity contribution in [3.8, 4) is 0 Å². The van der Waals surface area contributed by atoms with Crippen LogP contribution in [0.1, 0.15) is 20.8 Å². The second-order valence-electron chi connectivity index (χ2n) is 5.55. The number of amides is 1. The summed E-state index contributed by atoms with van der Waals surface area (Å²) in [4.78, 5) is 25.0. The Morgan fingerprint density at radius 3 is 2.80 bits per heavy atom. The smallest absolute Gasteiger partial charge is 0.326 e. The summed E-state index contributed by atoms with van der Waals surface area (Å²) in [5.41, 5.74) is -0.0402. The lowest BCUT2D eigenvalue weighted by Crippen LogP contribution is -2.44. The highest BCUT2D eigenvalue weighted by Crippen LogP contribution is 2.31. The number of carbonyl (C=O) groups is 2. The number of ether oxygens (including phenoxy) is 1. The molecule has 1 heterocycles. The standard InChI is InChI=1S/C14H17FN2O3/c1-14(2,3)20-12(19)8-17-10-6-4-5-9(15)13(10)16-7-11(17)18/h4-6,16H,7-8H2,1-3H3. The van der Waals surface area contributed by atoms with Gasteiger partial charge in [0.1, 0.15) is 18.0 Å². The first-order chi connectivity index (χ1) is 9.28. The van der Waals surface area contributed by atoms with Gasteiger partial charge in [0, 0.05) is 0 Å². The van der Waals surface area contributed by atoms with Crippen molar-refractivity contribution in [2.75, 3.05) is 23.3 Å². The van der Waals surface area contributed by atoms with Gasteiger partial charge in [0.15, 0.2) is 0 Å². The Balaban J connectivity index is 2.22. The first kappa shape index (κ1) is 14.3. The molecule has 0 aliphatic carbocycles. The van der Waals surface area contributed by atoms with Crippen LogP contribution in [-0.2, 0) is 14.3 Å². The van der Waals surface area contributed by atoms with Crippen LogP contribution in [0.15, 0.2) is 18.2 Å².